The van der Waals surface area contributed by atoms with Crippen LogP contribution in [0.3, 0.4) is 0 Å². The van der Waals surface area contributed by atoms with E-state index in [1.54, 1.807) is 0 Å². The van der Waals surface area contributed by atoms with Crippen LogP contribution in [0.4, 0.5) is 0 Å². The van der Waals surface area contributed by atoms with Gasteiger partial charge in [0.1, 0.15) is 0 Å². The Morgan fingerprint density at radius 3 is 2.60 bits per heavy atom. The van der Waals surface area contributed by atoms with E-state index in [0.717, 1.165) is 35.3 Å². The minimum atomic E-state index is -0.0701. The maximum absolute atomic E-state index is 6.33. The first-order valence-electron chi connectivity index (χ1n) is 7.64. The predicted octanol–water partition coefficient (Wildman–Crippen LogP) is 4.57. The van der Waals surface area contributed by atoms with Gasteiger partial charge < -0.3 is 10.5 Å². The highest BCUT2D eigenvalue weighted by Crippen LogP contribution is 2.34. The van der Waals surface area contributed by atoms with Gasteiger partial charge in [0.15, 0.2) is 0 Å². The zero-order valence-electron chi connectivity index (χ0n) is 12.7. The fourth-order valence-electron chi connectivity index (χ4n) is 3.02. The van der Waals surface area contributed by atoms with Crippen molar-refractivity contribution in [3.05, 3.63) is 34.9 Å². The zero-order chi connectivity index (χ0) is 14.7. The van der Waals surface area contributed by atoms with Crippen molar-refractivity contribution < 1.29 is 4.74 Å². The highest BCUT2D eigenvalue weighted by molar-refractivity contribution is 6.30. The second kappa shape index (κ2) is 6.93. The van der Waals surface area contributed by atoms with Gasteiger partial charge in [-0.3, -0.25) is 0 Å². The third kappa shape index (κ3) is 3.97. The van der Waals surface area contributed by atoms with Crippen molar-refractivity contribution in [1.82, 2.24) is 0 Å². The lowest BCUT2D eigenvalue weighted by atomic mass is 9.80. The number of hydrogen-bond donors (Lipinski definition) is 1. The molecular formula is C17H26ClNO. The van der Waals surface area contributed by atoms with Crippen LogP contribution >= 0.6 is 11.6 Å². The van der Waals surface area contributed by atoms with E-state index in [9.17, 15) is 0 Å². The van der Waals surface area contributed by atoms with Crippen molar-refractivity contribution in [2.24, 2.45) is 17.6 Å². The molecule has 5 atom stereocenters. The van der Waals surface area contributed by atoms with Crippen molar-refractivity contribution >= 4 is 11.6 Å². The van der Waals surface area contributed by atoms with Crippen LogP contribution in [-0.2, 0) is 4.74 Å². The van der Waals surface area contributed by atoms with Gasteiger partial charge in [-0.15, -0.1) is 0 Å². The zero-order valence-corrected chi connectivity index (χ0v) is 13.4. The van der Waals surface area contributed by atoms with E-state index in [4.69, 9.17) is 22.1 Å². The lowest BCUT2D eigenvalue weighted by Crippen LogP contribution is -2.34. The van der Waals surface area contributed by atoms with Gasteiger partial charge in [0, 0.05) is 11.1 Å². The predicted molar refractivity (Wildman–Crippen MR) is 84.9 cm³/mol. The molecule has 3 heteroatoms. The average molecular weight is 296 g/mol. The summed E-state index contributed by atoms with van der Waals surface area (Å²) in [6.45, 7) is 6.65. The van der Waals surface area contributed by atoms with Gasteiger partial charge in [0.25, 0.3) is 0 Å². The smallest absolute Gasteiger partial charge is 0.0977 e. The molecular weight excluding hydrogens is 270 g/mol. The summed E-state index contributed by atoms with van der Waals surface area (Å²) >= 11 is 6.08. The summed E-state index contributed by atoms with van der Waals surface area (Å²) in [7, 11) is 0. The summed E-state index contributed by atoms with van der Waals surface area (Å²) in [6, 6.07) is 7.82. The summed E-state index contributed by atoms with van der Waals surface area (Å²) in [5, 5.41) is 0.738. The average Bonchev–Trinajstić information content (AvgIpc) is 2.39. The van der Waals surface area contributed by atoms with Crippen LogP contribution in [0.5, 0.6) is 0 Å². The Bertz CT molecular complexity index is 435. The first-order chi connectivity index (χ1) is 9.47. The molecule has 20 heavy (non-hydrogen) atoms. The minimum Gasteiger partial charge on any atom is -0.369 e. The van der Waals surface area contributed by atoms with E-state index >= 15 is 0 Å². The van der Waals surface area contributed by atoms with Crippen molar-refractivity contribution in [1.29, 1.82) is 0 Å². The molecule has 112 valence electrons. The van der Waals surface area contributed by atoms with Crippen LogP contribution in [0.2, 0.25) is 5.02 Å². The van der Waals surface area contributed by atoms with Gasteiger partial charge in [0.2, 0.25) is 0 Å². The van der Waals surface area contributed by atoms with Gasteiger partial charge >= 0.3 is 0 Å². The van der Waals surface area contributed by atoms with E-state index in [1.807, 2.05) is 25.1 Å². The quantitative estimate of drug-likeness (QED) is 0.883. The van der Waals surface area contributed by atoms with Gasteiger partial charge in [-0.05, 0) is 55.7 Å². The second-order valence-corrected chi connectivity index (χ2v) is 6.80. The Balaban J connectivity index is 2.07. The fraction of sp³-hybridized carbons (Fsp3) is 0.647. The number of rotatable bonds is 4. The van der Waals surface area contributed by atoms with Crippen LogP contribution in [0.1, 0.15) is 51.7 Å². The van der Waals surface area contributed by atoms with Gasteiger partial charge in [0.05, 0.1) is 12.2 Å². The molecule has 0 bridgehead atoms. The van der Waals surface area contributed by atoms with Crippen LogP contribution in [-0.4, -0.2) is 12.1 Å². The van der Waals surface area contributed by atoms with Crippen LogP contribution in [0.15, 0.2) is 24.3 Å². The molecule has 2 rings (SSSR count). The van der Waals surface area contributed by atoms with Crippen molar-refractivity contribution in [2.75, 3.05) is 0 Å². The van der Waals surface area contributed by atoms with Crippen LogP contribution in [0.25, 0.3) is 0 Å². The molecule has 1 fully saturated rings. The number of nitrogens with two attached hydrogens (primary N) is 1. The standard InChI is InChI=1S/C17H26ClNO/c1-11-7-8-16(9-12(11)2)20-17(13(3)19)14-5-4-6-15(18)10-14/h4-6,10-13,16-17H,7-9,19H2,1-3H3. The maximum atomic E-state index is 6.33. The molecule has 1 aliphatic carbocycles. The largest absolute Gasteiger partial charge is 0.369 e. The molecule has 0 aromatic heterocycles. The number of halogens is 1. The normalized spacial score (nSPS) is 29.9. The fourth-order valence-corrected chi connectivity index (χ4v) is 3.22. The molecule has 2 N–H and O–H groups in total. The minimum absolute atomic E-state index is 0.0388. The Labute approximate surface area is 127 Å². The molecule has 1 aromatic rings. The molecule has 0 radical (unpaired) electrons. The molecule has 0 saturated heterocycles. The molecule has 0 heterocycles. The summed E-state index contributed by atoms with van der Waals surface area (Å²) in [5.41, 5.74) is 7.21. The Morgan fingerprint density at radius 2 is 2.00 bits per heavy atom. The first kappa shape index (κ1) is 15.8. The third-order valence-corrected chi connectivity index (χ3v) is 4.78. The topological polar surface area (TPSA) is 35.2 Å². The monoisotopic (exact) mass is 295 g/mol. The third-order valence-electron chi connectivity index (χ3n) is 4.54. The molecule has 1 saturated carbocycles. The van der Waals surface area contributed by atoms with E-state index in [-0.39, 0.29) is 12.1 Å². The van der Waals surface area contributed by atoms with E-state index in [2.05, 4.69) is 19.9 Å². The number of hydrogen-bond acceptors (Lipinski definition) is 2. The highest BCUT2D eigenvalue weighted by Gasteiger charge is 2.28. The highest BCUT2D eigenvalue weighted by atomic mass is 35.5. The molecule has 1 aromatic carbocycles. The van der Waals surface area contributed by atoms with Crippen LogP contribution < -0.4 is 5.73 Å². The molecule has 0 aliphatic heterocycles. The van der Waals surface area contributed by atoms with Crippen molar-refractivity contribution in [3.63, 3.8) is 0 Å². The SMILES string of the molecule is CC(N)C(OC1CCC(C)C(C)C1)c1cccc(Cl)c1. The van der Waals surface area contributed by atoms with Gasteiger partial charge in [-0.25, -0.2) is 0 Å². The van der Waals surface area contributed by atoms with E-state index < -0.39 is 0 Å². The summed E-state index contributed by atoms with van der Waals surface area (Å²) in [5.74, 6) is 1.52. The molecule has 0 spiro atoms. The molecule has 0 amide bonds. The summed E-state index contributed by atoms with van der Waals surface area (Å²) in [6.07, 6.45) is 3.75. The Morgan fingerprint density at radius 1 is 1.25 bits per heavy atom. The summed E-state index contributed by atoms with van der Waals surface area (Å²) in [4.78, 5) is 0. The number of ether oxygens (including phenoxy) is 1. The lowest BCUT2D eigenvalue weighted by molar-refractivity contribution is -0.0568. The molecule has 2 nitrogen and oxygen atoms in total. The molecule has 1 aliphatic rings. The molecule has 5 unspecified atom stereocenters. The van der Waals surface area contributed by atoms with Crippen LogP contribution in [0, 0.1) is 11.8 Å². The number of benzene rings is 1. The van der Waals surface area contributed by atoms with E-state index in [0.29, 0.717) is 6.10 Å². The maximum Gasteiger partial charge on any atom is 0.0977 e. The summed E-state index contributed by atoms with van der Waals surface area (Å²) < 4.78 is 6.33. The van der Waals surface area contributed by atoms with Crippen molar-refractivity contribution in [2.45, 2.75) is 58.3 Å². The lowest BCUT2D eigenvalue weighted by Gasteiger charge is -2.35. The van der Waals surface area contributed by atoms with E-state index in [1.165, 1.54) is 6.42 Å². The van der Waals surface area contributed by atoms with Crippen molar-refractivity contribution in [3.8, 4) is 0 Å². The Kier molecular flexibility index (Phi) is 5.48. The van der Waals surface area contributed by atoms with Gasteiger partial charge in [-0.2, -0.15) is 0 Å². The first-order valence-corrected chi connectivity index (χ1v) is 8.01. The Hall–Kier alpha value is -0.570. The van der Waals surface area contributed by atoms with Gasteiger partial charge in [-0.1, -0.05) is 37.6 Å². The second-order valence-electron chi connectivity index (χ2n) is 6.36.